The number of rotatable bonds is 4. The van der Waals surface area contributed by atoms with Crippen molar-refractivity contribution in [2.24, 2.45) is 11.7 Å². The van der Waals surface area contributed by atoms with Crippen LogP contribution in [0.1, 0.15) is 32.1 Å². The fraction of sp³-hybridized carbons (Fsp3) is 1.00. The van der Waals surface area contributed by atoms with Gasteiger partial charge in [-0.1, -0.05) is 12.8 Å². The van der Waals surface area contributed by atoms with E-state index in [4.69, 9.17) is 5.73 Å². The van der Waals surface area contributed by atoms with Gasteiger partial charge in [0.05, 0.1) is 6.10 Å². The molecule has 0 bridgehead atoms. The van der Waals surface area contributed by atoms with E-state index in [1.807, 2.05) is 0 Å². The summed E-state index contributed by atoms with van der Waals surface area (Å²) < 4.78 is 28.3. The molecule has 1 fully saturated rings. The van der Waals surface area contributed by atoms with Crippen LogP contribution in [0, 0.1) is 5.92 Å². The molecule has 2 nitrogen and oxygen atoms in total. The first-order valence-electron chi connectivity index (χ1n) is 4.86. The Balaban J connectivity index is 2.24. The largest absolute Gasteiger partial charge is 0.345 e. The molecule has 2 unspecified atom stereocenters. The summed E-state index contributed by atoms with van der Waals surface area (Å²) >= 11 is 0. The molecular weight excluding hydrogens is 176 g/mol. The topological polar surface area (TPSA) is 35.2 Å². The molecular formula is C9H17F2NO. The Hall–Kier alpha value is -0.220. The third-order valence-corrected chi connectivity index (χ3v) is 2.60. The predicted molar refractivity (Wildman–Crippen MR) is 46.5 cm³/mol. The lowest BCUT2D eigenvalue weighted by atomic mass is 9.85. The Morgan fingerprint density at radius 3 is 2.77 bits per heavy atom. The van der Waals surface area contributed by atoms with Gasteiger partial charge in [0.2, 0.25) is 0 Å². The van der Waals surface area contributed by atoms with Gasteiger partial charge >= 0.3 is 6.61 Å². The molecule has 2 N–H and O–H groups in total. The molecule has 0 aromatic heterocycles. The van der Waals surface area contributed by atoms with Crippen molar-refractivity contribution < 1.29 is 13.5 Å². The number of hydrogen-bond acceptors (Lipinski definition) is 2. The highest BCUT2D eigenvalue weighted by Crippen LogP contribution is 2.29. The summed E-state index contributed by atoms with van der Waals surface area (Å²) in [5.74, 6) is 0.488. The molecule has 0 radical (unpaired) electrons. The molecule has 1 rings (SSSR count). The number of hydrogen-bond donors (Lipinski definition) is 1. The zero-order valence-corrected chi connectivity index (χ0v) is 7.72. The van der Waals surface area contributed by atoms with Gasteiger partial charge < -0.3 is 10.5 Å². The minimum Gasteiger partial charge on any atom is -0.330 e. The SMILES string of the molecule is NCCC1CCCC(OC(F)F)C1. The maximum absolute atomic E-state index is 11.9. The molecule has 0 amide bonds. The summed E-state index contributed by atoms with van der Waals surface area (Å²) in [4.78, 5) is 0. The van der Waals surface area contributed by atoms with Gasteiger partial charge in [-0.2, -0.15) is 8.78 Å². The smallest absolute Gasteiger partial charge is 0.330 e. The van der Waals surface area contributed by atoms with Crippen LogP contribution in [-0.4, -0.2) is 19.3 Å². The van der Waals surface area contributed by atoms with Gasteiger partial charge in [-0.05, 0) is 31.7 Å². The highest BCUT2D eigenvalue weighted by Gasteiger charge is 2.24. The Labute approximate surface area is 77.4 Å². The fourth-order valence-corrected chi connectivity index (χ4v) is 2.01. The average Bonchev–Trinajstić information content (AvgIpc) is 2.04. The minimum absolute atomic E-state index is 0.245. The van der Waals surface area contributed by atoms with Gasteiger partial charge in [0.1, 0.15) is 0 Å². The summed E-state index contributed by atoms with van der Waals surface area (Å²) in [6.07, 6.45) is 4.31. The summed E-state index contributed by atoms with van der Waals surface area (Å²) in [7, 11) is 0. The van der Waals surface area contributed by atoms with Gasteiger partial charge in [0.25, 0.3) is 0 Å². The van der Waals surface area contributed by atoms with Crippen molar-refractivity contribution in [1.29, 1.82) is 0 Å². The van der Waals surface area contributed by atoms with Crippen LogP contribution in [0.5, 0.6) is 0 Å². The average molecular weight is 193 g/mol. The zero-order valence-electron chi connectivity index (χ0n) is 7.72. The predicted octanol–water partition coefficient (Wildman–Crippen LogP) is 2.13. The van der Waals surface area contributed by atoms with Crippen molar-refractivity contribution in [2.45, 2.75) is 44.8 Å². The quantitative estimate of drug-likeness (QED) is 0.742. The van der Waals surface area contributed by atoms with E-state index in [9.17, 15) is 8.78 Å². The van der Waals surface area contributed by atoms with E-state index in [1.54, 1.807) is 0 Å². The molecule has 4 heteroatoms. The summed E-state index contributed by atoms with van der Waals surface area (Å²) in [6.45, 7) is -1.98. The second kappa shape index (κ2) is 5.50. The molecule has 0 aliphatic heterocycles. The van der Waals surface area contributed by atoms with E-state index in [1.165, 1.54) is 0 Å². The number of alkyl halides is 2. The normalized spacial score (nSPS) is 29.5. The summed E-state index contributed by atoms with van der Waals surface area (Å²) in [5.41, 5.74) is 5.42. The third kappa shape index (κ3) is 4.00. The van der Waals surface area contributed by atoms with Crippen molar-refractivity contribution in [3.63, 3.8) is 0 Å². The second-order valence-electron chi connectivity index (χ2n) is 3.63. The van der Waals surface area contributed by atoms with Crippen LogP contribution in [0.4, 0.5) is 8.78 Å². The van der Waals surface area contributed by atoms with Crippen molar-refractivity contribution in [3.8, 4) is 0 Å². The van der Waals surface area contributed by atoms with Crippen LogP contribution >= 0.6 is 0 Å². The summed E-state index contributed by atoms with van der Waals surface area (Å²) in [5, 5.41) is 0. The Kier molecular flexibility index (Phi) is 4.59. The molecule has 0 aromatic carbocycles. The lowest BCUT2D eigenvalue weighted by molar-refractivity contribution is -0.173. The van der Waals surface area contributed by atoms with Crippen LogP contribution < -0.4 is 5.73 Å². The van der Waals surface area contributed by atoms with Gasteiger partial charge in [-0.15, -0.1) is 0 Å². The van der Waals surface area contributed by atoms with E-state index >= 15 is 0 Å². The first kappa shape index (κ1) is 10.9. The molecule has 1 aliphatic carbocycles. The second-order valence-corrected chi connectivity index (χ2v) is 3.63. The van der Waals surface area contributed by atoms with Gasteiger partial charge in [-0.3, -0.25) is 0 Å². The zero-order chi connectivity index (χ0) is 9.68. The van der Waals surface area contributed by atoms with E-state index in [0.29, 0.717) is 12.5 Å². The Bertz CT molecular complexity index is 142. The molecule has 1 saturated carbocycles. The van der Waals surface area contributed by atoms with Crippen LogP contribution in [-0.2, 0) is 4.74 Å². The molecule has 13 heavy (non-hydrogen) atoms. The van der Waals surface area contributed by atoms with Gasteiger partial charge in [0, 0.05) is 0 Å². The monoisotopic (exact) mass is 193 g/mol. The van der Waals surface area contributed by atoms with Crippen molar-refractivity contribution >= 4 is 0 Å². The fourth-order valence-electron chi connectivity index (χ4n) is 2.01. The van der Waals surface area contributed by atoms with Crippen LogP contribution in [0.2, 0.25) is 0 Å². The third-order valence-electron chi connectivity index (χ3n) is 2.60. The first-order valence-corrected chi connectivity index (χ1v) is 4.86. The Morgan fingerprint density at radius 1 is 1.38 bits per heavy atom. The van der Waals surface area contributed by atoms with E-state index in [0.717, 1.165) is 32.1 Å². The molecule has 1 aliphatic rings. The minimum atomic E-state index is -2.62. The van der Waals surface area contributed by atoms with Gasteiger partial charge in [-0.25, -0.2) is 0 Å². The van der Waals surface area contributed by atoms with Crippen LogP contribution in [0.3, 0.4) is 0 Å². The first-order chi connectivity index (χ1) is 6.22. The van der Waals surface area contributed by atoms with E-state index in [-0.39, 0.29) is 6.10 Å². The number of ether oxygens (including phenoxy) is 1. The van der Waals surface area contributed by atoms with Gasteiger partial charge in [0.15, 0.2) is 0 Å². The lowest BCUT2D eigenvalue weighted by Crippen LogP contribution is -2.26. The van der Waals surface area contributed by atoms with Crippen LogP contribution in [0.25, 0.3) is 0 Å². The molecule has 0 heterocycles. The highest BCUT2D eigenvalue weighted by molar-refractivity contribution is 4.73. The van der Waals surface area contributed by atoms with Crippen molar-refractivity contribution in [3.05, 3.63) is 0 Å². The lowest BCUT2D eigenvalue weighted by Gasteiger charge is -2.28. The maximum Gasteiger partial charge on any atom is 0.345 e. The summed E-state index contributed by atoms with van der Waals surface area (Å²) in [6, 6.07) is 0. The van der Waals surface area contributed by atoms with Crippen molar-refractivity contribution in [2.75, 3.05) is 6.54 Å². The number of halogens is 2. The standard InChI is InChI=1S/C9H17F2NO/c10-9(11)13-8-3-1-2-7(6-8)4-5-12/h7-9H,1-6,12H2. The van der Waals surface area contributed by atoms with Crippen LogP contribution in [0.15, 0.2) is 0 Å². The van der Waals surface area contributed by atoms with E-state index < -0.39 is 6.61 Å². The highest BCUT2D eigenvalue weighted by atomic mass is 19.3. The molecule has 0 spiro atoms. The maximum atomic E-state index is 11.9. The molecule has 2 atom stereocenters. The molecule has 78 valence electrons. The van der Waals surface area contributed by atoms with E-state index in [2.05, 4.69) is 4.74 Å². The molecule has 0 aromatic rings. The number of nitrogens with two attached hydrogens (primary N) is 1. The molecule has 0 saturated heterocycles. The Morgan fingerprint density at radius 2 is 2.15 bits per heavy atom. The van der Waals surface area contributed by atoms with Crippen molar-refractivity contribution in [1.82, 2.24) is 0 Å².